The van der Waals surface area contributed by atoms with Crippen LogP contribution in [0.5, 0.6) is 0 Å². The molecule has 0 aromatic heterocycles. The number of ether oxygens (including phenoxy) is 4. The molecular weight excluding hydrogens is 400 g/mol. The zero-order valence-electron chi connectivity index (χ0n) is 16.0. The quantitative estimate of drug-likeness (QED) is 0.356. The van der Waals surface area contributed by atoms with Gasteiger partial charge in [0.2, 0.25) is 0 Å². The van der Waals surface area contributed by atoms with Crippen LogP contribution in [0.15, 0.2) is 49.6 Å². The zero-order valence-corrected chi connectivity index (χ0v) is 16.0. The average Bonchev–Trinajstić information content (AvgIpc) is 3.65. The fourth-order valence-electron chi connectivity index (χ4n) is 1.65. The van der Waals surface area contributed by atoms with Gasteiger partial charge in [-0.25, -0.2) is 19.2 Å². The van der Waals surface area contributed by atoms with Crippen molar-refractivity contribution < 1.29 is 48.3 Å². The minimum absolute atomic E-state index is 0.147. The molecule has 2 saturated heterocycles. The number of carboxylic acid groups (broad SMARTS) is 2. The molecule has 10 heteroatoms. The minimum atomic E-state index is -1.23. The molecule has 1 aromatic carbocycles. The second kappa shape index (κ2) is 12.9. The van der Waals surface area contributed by atoms with E-state index in [2.05, 4.69) is 22.6 Å². The van der Waals surface area contributed by atoms with E-state index in [4.69, 9.17) is 19.7 Å². The zero-order chi connectivity index (χ0) is 22.5. The molecule has 2 aliphatic rings. The molecule has 0 saturated carbocycles. The lowest BCUT2D eigenvalue weighted by Crippen LogP contribution is -2.06. The highest BCUT2D eigenvalue weighted by molar-refractivity contribution is 6.01. The summed E-state index contributed by atoms with van der Waals surface area (Å²) in [5.41, 5.74) is -0.380. The highest BCUT2D eigenvalue weighted by Crippen LogP contribution is 2.09. The standard InChI is InChI=1S/C8H6O4.2C6H8O3/c9-7(10)5-3-1-2-4-6(5)8(11)12;2*1-2-6(7)9-4-5-3-8-5/h1-4H,(H,9,10)(H,11,12);2*2,5H,1,3-4H2. The van der Waals surface area contributed by atoms with E-state index in [1.807, 2.05) is 0 Å². The Morgan fingerprint density at radius 1 is 0.867 bits per heavy atom. The van der Waals surface area contributed by atoms with E-state index >= 15 is 0 Å². The van der Waals surface area contributed by atoms with Gasteiger partial charge in [-0.2, -0.15) is 0 Å². The third-order valence-electron chi connectivity index (χ3n) is 3.35. The average molecular weight is 422 g/mol. The Bertz CT molecular complexity index is 713. The van der Waals surface area contributed by atoms with Gasteiger partial charge in [0.1, 0.15) is 25.4 Å². The van der Waals surface area contributed by atoms with Crippen LogP contribution in [-0.2, 0) is 28.5 Å². The van der Waals surface area contributed by atoms with Crippen molar-refractivity contribution in [1.82, 2.24) is 0 Å². The van der Waals surface area contributed by atoms with Crippen LogP contribution in [0.2, 0.25) is 0 Å². The first-order valence-corrected chi connectivity index (χ1v) is 8.65. The van der Waals surface area contributed by atoms with Gasteiger partial charge in [0, 0.05) is 12.2 Å². The van der Waals surface area contributed by atoms with Crippen LogP contribution in [-0.4, -0.2) is 72.7 Å². The molecule has 2 aliphatic heterocycles. The van der Waals surface area contributed by atoms with E-state index in [1.54, 1.807) is 0 Å². The lowest BCUT2D eigenvalue weighted by atomic mass is 10.1. The summed E-state index contributed by atoms with van der Waals surface area (Å²) in [6, 6.07) is 5.48. The number of hydrogen-bond donors (Lipinski definition) is 2. The summed E-state index contributed by atoms with van der Waals surface area (Å²) in [5, 5.41) is 17.1. The summed E-state index contributed by atoms with van der Waals surface area (Å²) >= 11 is 0. The molecule has 2 fully saturated rings. The lowest BCUT2D eigenvalue weighted by molar-refractivity contribution is -0.139. The second-order valence-corrected chi connectivity index (χ2v) is 5.73. The Kier molecular flexibility index (Phi) is 10.5. The molecule has 162 valence electrons. The molecule has 0 amide bonds. The monoisotopic (exact) mass is 422 g/mol. The topological polar surface area (TPSA) is 152 Å². The number of aromatic carboxylic acids is 2. The third kappa shape index (κ3) is 10.7. The Labute approximate surface area is 172 Å². The summed E-state index contributed by atoms with van der Waals surface area (Å²) < 4.78 is 18.8. The van der Waals surface area contributed by atoms with Gasteiger partial charge < -0.3 is 29.2 Å². The van der Waals surface area contributed by atoms with E-state index in [9.17, 15) is 19.2 Å². The number of hydrogen-bond acceptors (Lipinski definition) is 8. The van der Waals surface area contributed by atoms with Crippen LogP contribution in [0.3, 0.4) is 0 Å². The van der Waals surface area contributed by atoms with Gasteiger partial charge in [0.25, 0.3) is 0 Å². The van der Waals surface area contributed by atoms with Gasteiger partial charge in [0.05, 0.1) is 24.3 Å². The van der Waals surface area contributed by atoms with Crippen LogP contribution in [0, 0.1) is 0 Å². The molecule has 0 aliphatic carbocycles. The molecule has 3 rings (SSSR count). The van der Waals surface area contributed by atoms with Gasteiger partial charge in [0.15, 0.2) is 0 Å². The van der Waals surface area contributed by atoms with Crippen molar-refractivity contribution in [1.29, 1.82) is 0 Å². The van der Waals surface area contributed by atoms with Gasteiger partial charge in [-0.1, -0.05) is 25.3 Å². The van der Waals surface area contributed by atoms with Crippen LogP contribution >= 0.6 is 0 Å². The van der Waals surface area contributed by atoms with Crippen molar-refractivity contribution >= 4 is 23.9 Å². The molecule has 1 aromatic rings. The molecule has 2 heterocycles. The Morgan fingerprint density at radius 2 is 1.20 bits per heavy atom. The first-order valence-electron chi connectivity index (χ1n) is 8.65. The Balaban J connectivity index is 0.000000229. The molecule has 2 unspecified atom stereocenters. The number of carboxylic acids is 2. The highest BCUT2D eigenvalue weighted by atomic mass is 16.6. The summed E-state index contributed by atoms with van der Waals surface area (Å²) in [4.78, 5) is 41.6. The van der Waals surface area contributed by atoms with Crippen molar-refractivity contribution in [2.24, 2.45) is 0 Å². The summed E-state index contributed by atoms with van der Waals surface area (Å²) in [5.74, 6) is -3.22. The van der Waals surface area contributed by atoms with E-state index < -0.39 is 11.9 Å². The summed E-state index contributed by atoms with van der Waals surface area (Å²) in [7, 11) is 0. The smallest absolute Gasteiger partial charge is 0.336 e. The molecule has 0 radical (unpaired) electrons. The highest BCUT2D eigenvalue weighted by Gasteiger charge is 2.24. The molecule has 2 atom stereocenters. The molecule has 30 heavy (non-hydrogen) atoms. The second-order valence-electron chi connectivity index (χ2n) is 5.73. The molecular formula is C20H22O10. The molecule has 10 nitrogen and oxygen atoms in total. The fraction of sp³-hybridized carbons (Fsp3) is 0.300. The van der Waals surface area contributed by atoms with Crippen LogP contribution in [0.1, 0.15) is 20.7 Å². The van der Waals surface area contributed by atoms with Crippen molar-refractivity contribution in [2.45, 2.75) is 12.2 Å². The van der Waals surface area contributed by atoms with Crippen LogP contribution in [0.25, 0.3) is 0 Å². The first-order chi connectivity index (χ1) is 14.3. The SMILES string of the molecule is C=CC(=O)OCC1CO1.C=CC(=O)OCC1CO1.O=C(O)c1ccccc1C(=O)O. The predicted molar refractivity (Wildman–Crippen MR) is 102 cm³/mol. The Morgan fingerprint density at radius 3 is 1.43 bits per heavy atom. The normalized spacial score (nSPS) is 17.5. The van der Waals surface area contributed by atoms with Gasteiger partial charge >= 0.3 is 23.9 Å². The van der Waals surface area contributed by atoms with Crippen LogP contribution in [0.4, 0.5) is 0 Å². The molecule has 0 bridgehead atoms. The fourth-order valence-corrected chi connectivity index (χ4v) is 1.65. The predicted octanol–water partition coefficient (Wildman–Crippen LogP) is 1.31. The van der Waals surface area contributed by atoms with E-state index in [-0.39, 0.29) is 35.3 Å². The van der Waals surface area contributed by atoms with Crippen molar-refractivity contribution in [3.63, 3.8) is 0 Å². The number of rotatable bonds is 8. The van der Waals surface area contributed by atoms with E-state index in [1.165, 1.54) is 24.3 Å². The number of carbonyl (C=O) groups excluding carboxylic acids is 2. The third-order valence-corrected chi connectivity index (χ3v) is 3.35. The van der Waals surface area contributed by atoms with Crippen molar-refractivity contribution in [3.8, 4) is 0 Å². The maximum absolute atomic E-state index is 10.5. The number of benzene rings is 1. The minimum Gasteiger partial charge on any atom is -0.478 e. The number of epoxide rings is 2. The Hall–Kier alpha value is -3.50. The maximum Gasteiger partial charge on any atom is 0.336 e. The largest absolute Gasteiger partial charge is 0.478 e. The summed E-state index contributed by atoms with van der Waals surface area (Å²) in [6.45, 7) is 8.64. The van der Waals surface area contributed by atoms with Gasteiger partial charge in [-0.15, -0.1) is 0 Å². The van der Waals surface area contributed by atoms with Crippen molar-refractivity contribution in [2.75, 3.05) is 26.4 Å². The number of carbonyl (C=O) groups is 4. The van der Waals surface area contributed by atoms with E-state index in [0.717, 1.165) is 12.2 Å². The van der Waals surface area contributed by atoms with Crippen LogP contribution < -0.4 is 0 Å². The molecule has 2 N–H and O–H groups in total. The van der Waals surface area contributed by atoms with Crippen molar-refractivity contribution in [3.05, 3.63) is 60.7 Å². The first kappa shape index (κ1) is 24.5. The maximum atomic E-state index is 10.5. The molecule has 0 spiro atoms. The lowest BCUT2D eigenvalue weighted by Gasteiger charge is -1.98. The summed E-state index contributed by atoms with van der Waals surface area (Å²) in [6.07, 6.45) is 2.58. The van der Waals surface area contributed by atoms with Gasteiger partial charge in [-0.05, 0) is 12.1 Å². The number of esters is 2. The van der Waals surface area contributed by atoms with E-state index in [0.29, 0.717) is 26.4 Å². The van der Waals surface area contributed by atoms with Gasteiger partial charge in [-0.3, -0.25) is 0 Å².